The van der Waals surface area contributed by atoms with Crippen molar-refractivity contribution in [1.82, 2.24) is 10.6 Å². The standard InChI is InChI=1S/C26H29N3O3/c1-19-10-8-9-15-22(19)23(29-26(27)31)16-25(30)28-24(21-13-6-3-7-14-21)18-32-17-20-11-4-2-5-12-20/h2-15,23-24H,16-18H2,1H3,(H,28,30)(H3,27,29,31). The van der Waals surface area contributed by atoms with Gasteiger partial charge >= 0.3 is 6.03 Å². The van der Waals surface area contributed by atoms with Crippen molar-refractivity contribution in [3.8, 4) is 0 Å². The zero-order chi connectivity index (χ0) is 22.8. The molecule has 0 bridgehead atoms. The molecular weight excluding hydrogens is 402 g/mol. The summed E-state index contributed by atoms with van der Waals surface area (Å²) in [5.74, 6) is -0.204. The number of benzene rings is 3. The van der Waals surface area contributed by atoms with Gasteiger partial charge in [0.25, 0.3) is 0 Å². The number of hydrogen-bond donors (Lipinski definition) is 3. The van der Waals surface area contributed by atoms with E-state index >= 15 is 0 Å². The molecule has 4 N–H and O–H groups in total. The van der Waals surface area contributed by atoms with Crippen molar-refractivity contribution in [1.29, 1.82) is 0 Å². The van der Waals surface area contributed by atoms with E-state index in [-0.39, 0.29) is 18.4 Å². The second-order valence-electron chi connectivity index (χ2n) is 7.65. The van der Waals surface area contributed by atoms with E-state index in [2.05, 4.69) is 10.6 Å². The van der Waals surface area contributed by atoms with Crippen molar-refractivity contribution < 1.29 is 14.3 Å². The smallest absolute Gasteiger partial charge is 0.312 e. The molecule has 3 rings (SSSR count). The number of urea groups is 1. The average Bonchev–Trinajstić information content (AvgIpc) is 2.79. The van der Waals surface area contributed by atoms with Crippen LogP contribution in [0.5, 0.6) is 0 Å². The fourth-order valence-electron chi connectivity index (χ4n) is 3.60. The summed E-state index contributed by atoms with van der Waals surface area (Å²) < 4.78 is 5.91. The number of aryl methyl sites for hydroxylation is 1. The highest BCUT2D eigenvalue weighted by molar-refractivity contribution is 5.79. The summed E-state index contributed by atoms with van der Waals surface area (Å²) >= 11 is 0. The van der Waals surface area contributed by atoms with Crippen LogP contribution in [0.2, 0.25) is 0 Å². The zero-order valence-electron chi connectivity index (χ0n) is 18.2. The molecule has 0 aromatic heterocycles. The van der Waals surface area contributed by atoms with Gasteiger partial charge in [0.2, 0.25) is 5.91 Å². The highest BCUT2D eigenvalue weighted by atomic mass is 16.5. The van der Waals surface area contributed by atoms with Crippen LogP contribution in [0.4, 0.5) is 4.79 Å². The highest BCUT2D eigenvalue weighted by Gasteiger charge is 2.22. The Balaban J connectivity index is 1.69. The maximum Gasteiger partial charge on any atom is 0.312 e. The molecule has 3 amide bonds. The van der Waals surface area contributed by atoms with Gasteiger partial charge in [0.1, 0.15) is 0 Å². The summed E-state index contributed by atoms with van der Waals surface area (Å²) in [5, 5.41) is 5.75. The summed E-state index contributed by atoms with van der Waals surface area (Å²) in [6.07, 6.45) is 0.0653. The predicted molar refractivity (Wildman–Crippen MR) is 125 cm³/mol. The van der Waals surface area contributed by atoms with Gasteiger partial charge in [-0.3, -0.25) is 4.79 Å². The molecule has 3 aromatic rings. The summed E-state index contributed by atoms with van der Waals surface area (Å²) in [7, 11) is 0. The fourth-order valence-corrected chi connectivity index (χ4v) is 3.60. The number of rotatable bonds is 10. The molecule has 0 radical (unpaired) electrons. The van der Waals surface area contributed by atoms with E-state index in [9.17, 15) is 9.59 Å². The van der Waals surface area contributed by atoms with Gasteiger partial charge in [-0.1, -0.05) is 84.9 Å². The first-order chi connectivity index (χ1) is 15.5. The Morgan fingerprint density at radius 2 is 1.47 bits per heavy atom. The summed E-state index contributed by atoms with van der Waals surface area (Å²) in [6, 6.07) is 25.7. The molecule has 0 fully saturated rings. The molecule has 166 valence electrons. The lowest BCUT2D eigenvalue weighted by Crippen LogP contribution is -2.38. The summed E-state index contributed by atoms with van der Waals surface area (Å²) in [6.45, 7) is 2.71. The van der Waals surface area contributed by atoms with Crippen molar-refractivity contribution in [2.75, 3.05) is 6.61 Å². The van der Waals surface area contributed by atoms with Gasteiger partial charge < -0.3 is 21.1 Å². The van der Waals surface area contributed by atoms with Crippen LogP contribution in [0.25, 0.3) is 0 Å². The van der Waals surface area contributed by atoms with Crippen LogP contribution in [0.1, 0.15) is 40.8 Å². The number of nitrogens with two attached hydrogens (primary N) is 1. The quantitative estimate of drug-likeness (QED) is 0.450. The molecule has 2 atom stereocenters. The van der Waals surface area contributed by atoms with Crippen LogP contribution in [-0.2, 0) is 16.1 Å². The third-order valence-corrected chi connectivity index (χ3v) is 5.20. The third kappa shape index (κ3) is 6.96. The Bertz CT molecular complexity index is 1010. The Hall–Kier alpha value is -3.64. The molecule has 0 saturated heterocycles. The van der Waals surface area contributed by atoms with Crippen molar-refractivity contribution >= 4 is 11.9 Å². The Morgan fingerprint density at radius 3 is 2.12 bits per heavy atom. The SMILES string of the molecule is Cc1ccccc1C(CC(=O)NC(COCc1ccccc1)c1ccccc1)NC(N)=O. The first-order valence-corrected chi connectivity index (χ1v) is 10.6. The lowest BCUT2D eigenvalue weighted by atomic mass is 9.98. The van der Waals surface area contributed by atoms with Gasteiger partial charge in [-0.2, -0.15) is 0 Å². The van der Waals surface area contributed by atoms with Crippen molar-refractivity contribution in [3.63, 3.8) is 0 Å². The van der Waals surface area contributed by atoms with Crippen LogP contribution in [-0.4, -0.2) is 18.5 Å². The van der Waals surface area contributed by atoms with E-state index in [4.69, 9.17) is 10.5 Å². The number of nitrogens with one attached hydrogen (secondary N) is 2. The Kier molecular flexibility index (Phi) is 8.40. The Labute approximate surface area is 188 Å². The number of carbonyl (C=O) groups excluding carboxylic acids is 2. The molecule has 0 aliphatic heterocycles. The summed E-state index contributed by atoms with van der Waals surface area (Å²) in [4.78, 5) is 24.5. The number of carbonyl (C=O) groups is 2. The van der Waals surface area contributed by atoms with E-state index < -0.39 is 12.1 Å². The minimum Gasteiger partial charge on any atom is -0.374 e. The van der Waals surface area contributed by atoms with Crippen LogP contribution in [0, 0.1) is 6.92 Å². The fraction of sp³-hybridized carbons (Fsp3) is 0.231. The minimum absolute atomic E-state index is 0.0653. The van der Waals surface area contributed by atoms with E-state index in [1.807, 2.05) is 91.9 Å². The third-order valence-electron chi connectivity index (χ3n) is 5.20. The number of hydrogen-bond acceptors (Lipinski definition) is 3. The number of primary amides is 1. The maximum atomic E-state index is 13.0. The summed E-state index contributed by atoms with van der Waals surface area (Å²) in [5.41, 5.74) is 9.22. The van der Waals surface area contributed by atoms with Gasteiger partial charge in [0.05, 0.1) is 31.7 Å². The van der Waals surface area contributed by atoms with Crippen LogP contribution >= 0.6 is 0 Å². The molecule has 0 aliphatic rings. The van der Waals surface area contributed by atoms with Crippen molar-refractivity contribution in [2.24, 2.45) is 5.73 Å². The molecule has 6 heteroatoms. The second-order valence-corrected chi connectivity index (χ2v) is 7.65. The van der Waals surface area contributed by atoms with E-state index in [1.165, 1.54) is 0 Å². The first-order valence-electron chi connectivity index (χ1n) is 10.6. The van der Waals surface area contributed by atoms with Gasteiger partial charge in [-0.05, 0) is 29.2 Å². The van der Waals surface area contributed by atoms with Gasteiger partial charge in [0, 0.05) is 0 Å². The largest absolute Gasteiger partial charge is 0.374 e. The van der Waals surface area contributed by atoms with Crippen LogP contribution in [0.3, 0.4) is 0 Å². The van der Waals surface area contributed by atoms with Crippen LogP contribution in [0.15, 0.2) is 84.9 Å². The van der Waals surface area contributed by atoms with Gasteiger partial charge in [-0.25, -0.2) is 4.79 Å². The molecule has 0 aliphatic carbocycles. The highest BCUT2D eigenvalue weighted by Crippen LogP contribution is 2.22. The topological polar surface area (TPSA) is 93.4 Å². The van der Waals surface area contributed by atoms with Crippen molar-refractivity contribution in [2.45, 2.75) is 32.0 Å². The molecule has 3 aromatic carbocycles. The number of amides is 3. The molecular formula is C26H29N3O3. The monoisotopic (exact) mass is 431 g/mol. The first kappa shape index (κ1) is 23.0. The second kappa shape index (κ2) is 11.7. The molecule has 6 nitrogen and oxygen atoms in total. The Morgan fingerprint density at radius 1 is 0.844 bits per heavy atom. The minimum atomic E-state index is -0.670. The molecule has 32 heavy (non-hydrogen) atoms. The molecule has 0 spiro atoms. The average molecular weight is 432 g/mol. The normalized spacial score (nSPS) is 12.5. The molecule has 2 unspecified atom stereocenters. The molecule has 0 heterocycles. The van der Waals surface area contributed by atoms with E-state index in [1.54, 1.807) is 0 Å². The zero-order valence-corrected chi connectivity index (χ0v) is 18.2. The molecule has 0 saturated carbocycles. The predicted octanol–water partition coefficient (Wildman–Crippen LogP) is 4.17. The maximum absolute atomic E-state index is 13.0. The lowest BCUT2D eigenvalue weighted by molar-refractivity contribution is -0.122. The van der Waals surface area contributed by atoms with E-state index in [0.717, 1.165) is 22.3 Å². The van der Waals surface area contributed by atoms with Crippen LogP contribution < -0.4 is 16.4 Å². The van der Waals surface area contributed by atoms with Crippen molar-refractivity contribution in [3.05, 3.63) is 107 Å². The van der Waals surface area contributed by atoms with Gasteiger partial charge in [-0.15, -0.1) is 0 Å². The number of ether oxygens (including phenoxy) is 1. The van der Waals surface area contributed by atoms with Gasteiger partial charge in [0.15, 0.2) is 0 Å². The lowest BCUT2D eigenvalue weighted by Gasteiger charge is -2.23. The van der Waals surface area contributed by atoms with E-state index in [0.29, 0.717) is 13.2 Å².